The minimum Gasteiger partial charge on any atom is -0.460 e. The number of nitrogens with zero attached hydrogens (tertiary/aromatic N) is 1. The number of esters is 1. The highest BCUT2D eigenvalue weighted by atomic mass is 19.4. The van der Waals surface area contributed by atoms with Crippen LogP contribution in [0.15, 0.2) is 18.2 Å². The van der Waals surface area contributed by atoms with E-state index >= 15 is 0 Å². The second kappa shape index (κ2) is 16.5. The number of carbonyl (C=O) groups excluding carboxylic acids is 3. The van der Waals surface area contributed by atoms with E-state index in [2.05, 4.69) is 5.32 Å². The van der Waals surface area contributed by atoms with Crippen molar-refractivity contribution in [3.05, 3.63) is 34.9 Å². The second-order valence-electron chi connectivity index (χ2n) is 12.7. The van der Waals surface area contributed by atoms with Gasteiger partial charge in [0.05, 0.1) is 5.92 Å². The number of halogens is 3. The third-order valence-corrected chi connectivity index (χ3v) is 8.11. The van der Waals surface area contributed by atoms with Crippen LogP contribution in [0, 0.1) is 12.8 Å². The molecule has 244 valence electrons. The van der Waals surface area contributed by atoms with Gasteiger partial charge in [0.1, 0.15) is 11.6 Å². The molecule has 2 aliphatic carbocycles. The number of carbonyl (C=O) groups is 3. The highest BCUT2D eigenvalue weighted by molar-refractivity contribution is 6.01. The molecule has 0 saturated heterocycles. The molecular weight excluding hydrogens is 559 g/mol. The molecule has 10 heteroatoms. The van der Waals surface area contributed by atoms with Crippen LogP contribution >= 0.6 is 0 Å². The molecule has 0 radical (unpaired) electrons. The van der Waals surface area contributed by atoms with Gasteiger partial charge in [-0.15, -0.1) is 0 Å². The number of rotatable bonds is 7. The Bertz CT molecular complexity index is 1060. The smallest absolute Gasteiger partial charge is 0.391 e. The second-order valence-corrected chi connectivity index (χ2v) is 12.7. The Morgan fingerprint density at radius 3 is 2.12 bits per heavy atom. The number of ether oxygens (including phenoxy) is 1. The number of aryl methyl sites for hydroxylation is 1. The van der Waals surface area contributed by atoms with Gasteiger partial charge in [-0.05, 0) is 84.3 Å². The molecular formula is C33H52F3N3O4. The third kappa shape index (κ3) is 11.8. The Morgan fingerprint density at radius 2 is 1.58 bits per heavy atom. The van der Waals surface area contributed by atoms with E-state index < -0.39 is 35.6 Å². The van der Waals surface area contributed by atoms with Crippen LogP contribution in [-0.4, -0.2) is 52.6 Å². The minimum absolute atomic E-state index is 0.0318. The van der Waals surface area contributed by atoms with Crippen LogP contribution in [0.5, 0.6) is 0 Å². The van der Waals surface area contributed by atoms with E-state index in [0.29, 0.717) is 49.9 Å². The van der Waals surface area contributed by atoms with Crippen molar-refractivity contribution in [2.75, 3.05) is 0 Å². The van der Waals surface area contributed by atoms with Crippen LogP contribution in [0.1, 0.15) is 127 Å². The molecule has 1 unspecified atom stereocenters. The highest BCUT2D eigenvalue weighted by Gasteiger charge is 2.41. The number of benzene rings is 1. The number of fused-ring (bicyclic) bond motifs is 1. The van der Waals surface area contributed by atoms with Crippen molar-refractivity contribution in [1.29, 1.82) is 0 Å². The van der Waals surface area contributed by atoms with E-state index in [1.807, 2.05) is 32.9 Å². The normalized spacial score (nSPS) is 21.5. The molecule has 1 heterocycles. The van der Waals surface area contributed by atoms with Crippen LogP contribution in [0.4, 0.5) is 13.2 Å². The van der Waals surface area contributed by atoms with Crippen LogP contribution in [-0.2, 0) is 20.9 Å². The molecule has 1 aromatic rings. The summed E-state index contributed by atoms with van der Waals surface area (Å²) in [5.41, 5.74) is 7.40. The largest absolute Gasteiger partial charge is 0.460 e. The average molecular weight is 612 g/mol. The van der Waals surface area contributed by atoms with Crippen molar-refractivity contribution in [1.82, 2.24) is 10.2 Å². The Hall–Kier alpha value is -2.62. The summed E-state index contributed by atoms with van der Waals surface area (Å²) in [5, 5.41) is 3.56. The van der Waals surface area contributed by atoms with Crippen molar-refractivity contribution >= 4 is 17.8 Å². The zero-order chi connectivity index (χ0) is 32.4. The maximum absolute atomic E-state index is 12.5. The van der Waals surface area contributed by atoms with Gasteiger partial charge in [0.2, 0.25) is 5.91 Å². The monoisotopic (exact) mass is 611 g/mol. The molecule has 2 fully saturated rings. The van der Waals surface area contributed by atoms with Gasteiger partial charge in [0, 0.05) is 30.6 Å². The first-order valence-electron chi connectivity index (χ1n) is 15.9. The Kier molecular flexibility index (Phi) is 14.0. The van der Waals surface area contributed by atoms with Crippen LogP contribution in [0.25, 0.3) is 0 Å². The van der Waals surface area contributed by atoms with Crippen molar-refractivity contribution in [3.8, 4) is 0 Å². The third-order valence-electron chi connectivity index (χ3n) is 8.11. The standard InChI is InChI=1S/C18H24N2O4.C13H22F3N.C2H6/c1-11-5-6-13-12(9-11)10-20(17(13)23)14(16(19)22)7-8-15(21)24-18(2,3)4;14-13(15,16)10-6-8-12(9-7-10)17-11-4-2-1-3-5-11;1-2/h5-6,9,14H,7-8,10H2,1-4H3,(H2,19,22);10-12,17H,1-9H2;1-2H3. The first-order valence-corrected chi connectivity index (χ1v) is 15.9. The molecule has 3 N–H and O–H groups in total. The summed E-state index contributed by atoms with van der Waals surface area (Å²) in [4.78, 5) is 37.7. The summed E-state index contributed by atoms with van der Waals surface area (Å²) in [5.74, 6) is -2.30. The van der Waals surface area contributed by atoms with Gasteiger partial charge in [-0.2, -0.15) is 13.2 Å². The van der Waals surface area contributed by atoms with Gasteiger partial charge in [0.15, 0.2) is 0 Å². The topological polar surface area (TPSA) is 102 Å². The van der Waals surface area contributed by atoms with E-state index in [-0.39, 0.29) is 18.7 Å². The van der Waals surface area contributed by atoms with Gasteiger partial charge < -0.3 is 20.7 Å². The number of hydrogen-bond donors (Lipinski definition) is 2. The predicted molar refractivity (Wildman–Crippen MR) is 162 cm³/mol. The number of amides is 2. The molecule has 1 aromatic carbocycles. The van der Waals surface area contributed by atoms with E-state index in [9.17, 15) is 27.6 Å². The molecule has 2 amide bonds. The lowest BCUT2D eigenvalue weighted by Gasteiger charge is -2.34. The number of nitrogens with one attached hydrogen (secondary N) is 1. The Labute approximate surface area is 255 Å². The van der Waals surface area contributed by atoms with Crippen molar-refractivity contribution in [2.24, 2.45) is 11.7 Å². The van der Waals surface area contributed by atoms with Gasteiger partial charge in [-0.25, -0.2) is 0 Å². The minimum atomic E-state index is -3.98. The van der Waals surface area contributed by atoms with Gasteiger partial charge in [-0.3, -0.25) is 14.4 Å². The van der Waals surface area contributed by atoms with Crippen molar-refractivity contribution < 1.29 is 32.3 Å². The molecule has 0 bridgehead atoms. The molecule has 0 aromatic heterocycles. The lowest BCUT2D eigenvalue weighted by Crippen LogP contribution is -2.45. The van der Waals surface area contributed by atoms with E-state index in [0.717, 1.165) is 11.1 Å². The molecule has 7 nitrogen and oxygen atoms in total. The van der Waals surface area contributed by atoms with E-state index in [4.69, 9.17) is 10.5 Å². The Morgan fingerprint density at radius 1 is 1.00 bits per heavy atom. The van der Waals surface area contributed by atoms with Crippen LogP contribution in [0.2, 0.25) is 0 Å². The fourth-order valence-electron chi connectivity index (χ4n) is 6.01. The molecule has 1 atom stereocenters. The lowest BCUT2D eigenvalue weighted by molar-refractivity contribution is -0.182. The average Bonchev–Trinajstić information content (AvgIpc) is 3.24. The summed E-state index contributed by atoms with van der Waals surface area (Å²) in [7, 11) is 0. The molecule has 3 aliphatic rings. The summed E-state index contributed by atoms with van der Waals surface area (Å²) in [6, 6.07) is 5.63. The summed E-state index contributed by atoms with van der Waals surface area (Å²) in [6.45, 7) is 11.6. The van der Waals surface area contributed by atoms with Gasteiger partial charge in [0.25, 0.3) is 5.91 Å². The summed E-state index contributed by atoms with van der Waals surface area (Å²) >= 11 is 0. The lowest BCUT2D eigenvalue weighted by atomic mass is 9.84. The van der Waals surface area contributed by atoms with E-state index in [1.54, 1.807) is 26.8 Å². The SMILES string of the molecule is CC.Cc1ccc2c(c1)CN(C(CCC(=O)OC(C)(C)C)C(N)=O)C2=O.FC(F)(F)C1CCC(NC2CCCCC2)CC1. The summed E-state index contributed by atoms with van der Waals surface area (Å²) < 4.78 is 42.8. The molecule has 2 saturated carbocycles. The van der Waals surface area contributed by atoms with Crippen molar-refractivity contribution in [2.45, 2.75) is 149 Å². The van der Waals surface area contributed by atoms with Crippen LogP contribution in [0.3, 0.4) is 0 Å². The first kappa shape index (κ1) is 36.6. The van der Waals surface area contributed by atoms with E-state index in [1.165, 1.54) is 37.0 Å². The highest BCUT2D eigenvalue weighted by Crippen LogP contribution is 2.38. The maximum Gasteiger partial charge on any atom is 0.391 e. The predicted octanol–water partition coefficient (Wildman–Crippen LogP) is 6.98. The Balaban J connectivity index is 0.000000298. The zero-order valence-electron chi connectivity index (χ0n) is 26.8. The summed E-state index contributed by atoms with van der Waals surface area (Å²) in [6.07, 6.45) is 4.51. The molecule has 43 heavy (non-hydrogen) atoms. The molecule has 0 spiro atoms. The first-order chi connectivity index (χ1) is 20.1. The number of alkyl halides is 3. The maximum atomic E-state index is 12.5. The number of primary amides is 1. The fourth-order valence-corrected chi connectivity index (χ4v) is 6.01. The van der Waals surface area contributed by atoms with Crippen molar-refractivity contribution in [3.63, 3.8) is 0 Å². The van der Waals surface area contributed by atoms with Gasteiger partial charge in [-0.1, -0.05) is 50.8 Å². The fraction of sp³-hybridized carbons (Fsp3) is 0.727. The van der Waals surface area contributed by atoms with Gasteiger partial charge >= 0.3 is 12.1 Å². The number of nitrogens with two attached hydrogens (primary N) is 1. The molecule has 1 aliphatic heterocycles. The quantitative estimate of drug-likeness (QED) is 0.324. The van der Waals surface area contributed by atoms with Crippen LogP contribution < -0.4 is 11.1 Å². The molecule has 4 rings (SSSR count). The number of hydrogen-bond acceptors (Lipinski definition) is 5. The zero-order valence-corrected chi connectivity index (χ0v) is 26.8.